The van der Waals surface area contributed by atoms with Gasteiger partial charge in [-0.25, -0.2) is 0 Å². The van der Waals surface area contributed by atoms with Crippen LogP contribution in [0.25, 0.3) is 0 Å². The van der Waals surface area contributed by atoms with Crippen LogP contribution in [0.2, 0.25) is 0 Å². The van der Waals surface area contributed by atoms with Crippen LogP contribution in [-0.4, -0.2) is 5.78 Å². The average Bonchev–Trinajstić information content (AvgIpc) is 2.86. The molecule has 0 radical (unpaired) electrons. The molecule has 17 heavy (non-hydrogen) atoms. The standard InChI is InChI=1S/C14H23NOS/c1-2-3-4-5-6-7-9-12(16)14(15)13-10-8-11-17-13/h8,10-11,14H,2-7,9,15H2,1H3. The van der Waals surface area contributed by atoms with Crippen LogP contribution in [0.4, 0.5) is 0 Å². The molecule has 2 N–H and O–H groups in total. The number of ketones is 1. The number of thiophene rings is 1. The van der Waals surface area contributed by atoms with Gasteiger partial charge in [-0.05, 0) is 17.9 Å². The lowest BCUT2D eigenvalue weighted by Gasteiger charge is -2.08. The fourth-order valence-electron chi connectivity index (χ4n) is 1.86. The summed E-state index contributed by atoms with van der Waals surface area (Å²) >= 11 is 1.56. The van der Waals surface area contributed by atoms with E-state index in [1.807, 2.05) is 17.5 Å². The van der Waals surface area contributed by atoms with Gasteiger partial charge in [0, 0.05) is 11.3 Å². The van der Waals surface area contributed by atoms with Crippen molar-refractivity contribution in [2.24, 2.45) is 5.73 Å². The van der Waals surface area contributed by atoms with E-state index < -0.39 is 6.04 Å². The molecule has 1 aromatic heterocycles. The molecule has 0 fully saturated rings. The number of Topliss-reactive ketones (excluding diaryl/α,β-unsaturated/α-hetero) is 1. The second-order valence-corrected chi connectivity index (χ2v) is 5.46. The maximum absolute atomic E-state index is 11.8. The van der Waals surface area contributed by atoms with Gasteiger partial charge in [0.05, 0.1) is 6.04 Å². The van der Waals surface area contributed by atoms with Crippen molar-refractivity contribution in [1.29, 1.82) is 0 Å². The summed E-state index contributed by atoms with van der Waals surface area (Å²) in [5, 5.41) is 1.97. The summed E-state index contributed by atoms with van der Waals surface area (Å²) in [6.07, 6.45) is 7.89. The summed E-state index contributed by atoms with van der Waals surface area (Å²) in [7, 11) is 0. The highest BCUT2D eigenvalue weighted by atomic mass is 32.1. The van der Waals surface area contributed by atoms with Crippen LogP contribution in [-0.2, 0) is 4.79 Å². The van der Waals surface area contributed by atoms with Gasteiger partial charge in [-0.3, -0.25) is 4.79 Å². The van der Waals surface area contributed by atoms with Gasteiger partial charge in [0.2, 0.25) is 0 Å². The Morgan fingerprint density at radius 2 is 2.00 bits per heavy atom. The second-order valence-electron chi connectivity index (χ2n) is 4.48. The Bertz CT molecular complexity index is 308. The molecular formula is C14H23NOS. The number of nitrogens with two attached hydrogens (primary N) is 1. The number of hydrogen-bond acceptors (Lipinski definition) is 3. The number of rotatable bonds is 9. The smallest absolute Gasteiger partial charge is 0.154 e. The normalized spacial score (nSPS) is 12.6. The molecule has 0 aliphatic carbocycles. The molecule has 1 rings (SSSR count). The first-order valence-corrected chi connectivity index (χ1v) is 7.45. The molecule has 96 valence electrons. The first-order valence-electron chi connectivity index (χ1n) is 6.57. The highest BCUT2D eigenvalue weighted by Crippen LogP contribution is 2.19. The lowest BCUT2D eigenvalue weighted by atomic mass is 10.0. The van der Waals surface area contributed by atoms with Gasteiger partial charge in [-0.15, -0.1) is 11.3 Å². The van der Waals surface area contributed by atoms with Crippen LogP contribution in [0.1, 0.15) is 62.8 Å². The molecule has 0 bridgehead atoms. The zero-order valence-electron chi connectivity index (χ0n) is 10.7. The van der Waals surface area contributed by atoms with Gasteiger partial charge in [0.1, 0.15) is 0 Å². The quantitative estimate of drug-likeness (QED) is 0.674. The topological polar surface area (TPSA) is 43.1 Å². The molecule has 0 aromatic carbocycles. The maximum atomic E-state index is 11.8. The highest BCUT2D eigenvalue weighted by Gasteiger charge is 2.15. The van der Waals surface area contributed by atoms with Crippen molar-refractivity contribution in [2.75, 3.05) is 0 Å². The third-order valence-corrected chi connectivity index (χ3v) is 3.93. The summed E-state index contributed by atoms with van der Waals surface area (Å²) < 4.78 is 0. The zero-order chi connectivity index (χ0) is 12.5. The molecule has 0 saturated carbocycles. The van der Waals surface area contributed by atoms with E-state index in [1.54, 1.807) is 11.3 Å². The summed E-state index contributed by atoms with van der Waals surface area (Å²) in [6, 6.07) is 3.48. The summed E-state index contributed by atoms with van der Waals surface area (Å²) in [5.74, 6) is 0.183. The van der Waals surface area contributed by atoms with Crippen LogP contribution in [0.3, 0.4) is 0 Å². The van der Waals surface area contributed by atoms with E-state index in [0.717, 1.165) is 17.7 Å². The molecule has 0 aliphatic heterocycles. The first-order chi connectivity index (χ1) is 8.25. The molecule has 1 atom stereocenters. The Hall–Kier alpha value is -0.670. The van der Waals surface area contributed by atoms with Crippen molar-refractivity contribution in [3.8, 4) is 0 Å². The van der Waals surface area contributed by atoms with E-state index in [-0.39, 0.29) is 5.78 Å². The molecule has 0 aliphatic rings. The largest absolute Gasteiger partial charge is 0.317 e. The summed E-state index contributed by atoms with van der Waals surface area (Å²) in [4.78, 5) is 12.8. The van der Waals surface area contributed by atoms with Gasteiger partial charge in [-0.2, -0.15) is 0 Å². The van der Waals surface area contributed by atoms with Crippen LogP contribution in [0.5, 0.6) is 0 Å². The van der Waals surface area contributed by atoms with Crippen LogP contribution < -0.4 is 5.73 Å². The van der Waals surface area contributed by atoms with Crippen molar-refractivity contribution in [3.05, 3.63) is 22.4 Å². The minimum atomic E-state index is -0.398. The number of hydrogen-bond donors (Lipinski definition) is 1. The lowest BCUT2D eigenvalue weighted by Crippen LogP contribution is -2.20. The van der Waals surface area contributed by atoms with Gasteiger partial charge in [-0.1, -0.05) is 45.1 Å². The number of carbonyl (C=O) groups is 1. The number of carbonyl (C=O) groups excluding carboxylic acids is 1. The minimum absolute atomic E-state index is 0.183. The van der Waals surface area contributed by atoms with Gasteiger partial charge < -0.3 is 5.73 Å². The van der Waals surface area contributed by atoms with E-state index in [2.05, 4.69) is 6.92 Å². The maximum Gasteiger partial charge on any atom is 0.154 e. The predicted octanol–water partition coefficient (Wildman–Crippen LogP) is 4.07. The van der Waals surface area contributed by atoms with E-state index in [1.165, 1.54) is 25.7 Å². The fraction of sp³-hybridized carbons (Fsp3) is 0.643. The van der Waals surface area contributed by atoms with E-state index in [9.17, 15) is 4.79 Å². The molecule has 1 heterocycles. The van der Waals surface area contributed by atoms with Crippen molar-refractivity contribution in [2.45, 2.75) is 57.9 Å². The lowest BCUT2D eigenvalue weighted by molar-refractivity contribution is -0.120. The molecule has 0 saturated heterocycles. The van der Waals surface area contributed by atoms with E-state index >= 15 is 0 Å². The highest BCUT2D eigenvalue weighted by molar-refractivity contribution is 7.10. The minimum Gasteiger partial charge on any atom is -0.317 e. The predicted molar refractivity (Wildman–Crippen MR) is 74.2 cm³/mol. The molecule has 0 amide bonds. The van der Waals surface area contributed by atoms with Crippen LogP contribution in [0, 0.1) is 0 Å². The second kappa shape index (κ2) is 8.43. The van der Waals surface area contributed by atoms with Crippen molar-refractivity contribution < 1.29 is 4.79 Å². The third kappa shape index (κ3) is 5.46. The SMILES string of the molecule is CCCCCCCCC(=O)C(N)c1cccs1. The number of unbranched alkanes of at least 4 members (excludes halogenated alkanes) is 5. The third-order valence-electron chi connectivity index (χ3n) is 2.97. The molecule has 0 spiro atoms. The van der Waals surface area contributed by atoms with Gasteiger partial charge in [0.25, 0.3) is 0 Å². The van der Waals surface area contributed by atoms with Crippen LogP contribution in [0.15, 0.2) is 17.5 Å². The van der Waals surface area contributed by atoms with Gasteiger partial charge >= 0.3 is 0 Å². The Morgan fingerprint density at radius 1 is 1.29 bits per heavy atom. The summed E-state index contributed by atoms with van der Waals surface area (Å²) in [6.45, 7) is 2.21. The van der Waals surface area contributed by atoms with Crippen LogP contribution >= 0.6 is 11.3 Å². The first kappa shape index (κ1) is 14.4. The zero-order valence-corrected chi connectivity index (χ0v) is 11.5. The van der Waals surface area contributed by atoms with Crippen molar-refractivity contribution in [1.82, 2.24) is 0 Å². The van der Waals surface area contributed by atoms with Crippen molar-refractivity contribution in [3.63, 3.8) is 0 Å². The van der Waals surface area contributed by atoms with Crippen molar-refractivity contribution >= 4 is 17.1 Å². The summed E-state index contributed by atoms with van der Waals surface area (Å²) in [5.41, 5.74) is 5.91. The van der Waals surface area contributed by atoms with E-state index in [0.29, 0.717) is 6.42 Å². The Morgan fingerprint density at radius 3 is 2.65 bits per heavy atom. The molecule has 3 heteroatoms. The molecule has 1 unspecified atom stereocenters. The Labute approximate surface area is 108 Å². The molecular weight excluding hydrogens is 230 g/mol. The Kier molecular flexibility index (Phi) is 7.13. The average molecular weight is 253 g/mol. The molecule has 2 nitrogen and oxygen atoms in total. The fourth-order valence-corrected chi connectivity index (χ4v) is 2.61. The van der Waals surface area contributed by atoms with E-state index in [4.69, 9.17) is 5.73 Å². The molecule has 1 aromatic rings. The monoisotopic (exact) mass is 253 g/mol. The Balaban J connectivity index is 2.13. The van der Waals surface area contributed by atoms with Gasteiger partial charge in [0.15, 0.2) is 5.78 Å².